The normalized spacial score (nSPS) is 31.3. The average Bonchev–Trinajstić information content (AvgIpc) is 3.58. The predicted octanol–water partition coefficient (Wildman–Crippen LogP) is 5.59. The number of halogens is 3. The number of benzene rings is 2. The molecule has 33 heavy (non-hydrogen) atoms. The van der Waals surface area contributed by atoms with Gasteiger partial charge in [-0.15, -0.1) is 0 Å². The van der Waals surface area contributed by atoms with Crippen LogP contribution < -0.4 is 4.90 Å². The van der Waals surface area contributed by atoms with Crippen LogP contribution in [0, 0.1) is 41.3 Å². The SMILES string of the molecule is O=C(/C=C/c1ccc(N2C(=O)[C@@H]3[C@H](C2=O)C2C=C[C@H]3C3C[C@@H]23)c(F)c1)c1ccc(Cl)c(Cl)c1. The Hall–Kier alpha value is -2.76. The van der Waals surface area contributed by atoms with Crippen LogP contribution in [0.2, 0.25) is 10.0 Å². The van der Waals surface area contributed by atoms with Gasteiger partial charge >= 0.3 is 0 Å². The molecule has 2 unspecified atom stereocenters. The molecule has 166 valence electrons. The van der Waals surface area contributed by atoms with E-state index in [1.807, 2.05) is 0 Å². The van der Waals surface area contributed by atoms with Crippen molar-refractivity contribution >= 4 is 52.6 Å². The van der Waals surface area contributed by atoms with Gasteiger partial charge in [0.1, 0.15) is 5.82 Å². The summed E-state index contributed by atoms with van der Waals surface area (Å²) in [7, 11) is 0. The summed E-state index contributed by atoms with van der Waals surface area (Å²) in [5.74, 6) is -1.19. The zero-order chi connectivity index (χ0) is 23.0. The molecule has 7 rings (SSSR count). The molecular weight excluding hydrogens is 464 g/mol. The van der Waals surface area contributed by atoms with Crippen LogP contribution >= 0.6 is 23.2 Å². The molecule has 2 aromatic carbocycles. The summed E-state index contributed by atoms with van der Waals surface area (Å²) >= 11 is 11.8. The number of carbonyl (C=O) groups excluding carboxylic acids is 3. The van der Waals surface area contributed by atoms with Crippen molar-refractivity contribution in [1.82, 2.24) is 0 Å². The van der Waals surface area contributed by atoms with Crippen molar-refractivity contribution in [3.05, 3.63) is 81.6 Å². The van der Waals surface area contributed by atoms with E-state index in [1.165, 1.54) is 36.4 Å². The van der Waals surface area contributed by atoms with Crippen LogP contribution in [0.4, 0.5) is 10.1 Å². The summed E-state index contributed by atoms with van der Waals surface area (Å²) in [6, 6.07) is 8.80. The molecule has 5 aliphatic rings. The van der Waals surface area contributed by atoms with Crippen molar-refractivity contribution in [2.75, 3.05) is 4.90 Å². The summed E-state index contributed by atoms with van der Waals surface area (Å²) in [5, 5.41) is 0.620. The Labute approximate surface area is 199 Å². The number of hydrogen-bond donors (Lipinski definition) is 0. The van der Waals surface area contributed by atoms with E-state index in [0.717, 1.165) is 11.3 Å². The number of hydrogen-bond acceptors (Lipinski definition) is 3. The minimum absolute atomic E-state index is 0.0274. The molecule has 1 aliphatic heterocycles. The highest BCUT2D eigenvalue weighted by Crippen LogP contribution is 2.65. The number of anilines is 1. The Bertz CT molecular complexity index is 1270. The Morgan fingerprint density at radius 1 is 0.939 bits per heavy atom. The molecular formula is C26H18Cl2FNO3. The van der Waals surface area contributed by atoms with Gasteiger partial charge < -0.3 is 0 Å². The summed E-state index contributed by atoms with van der Waals surface area (Å²) < 4.78 is 15.1. The van der Waals surface area contributed by atoms with Crippen molar-refractivity contribution < 1.29 is 18.8 Å². The molecule has 1 saturated heterocycles. The minimum atomic E-state index is -0.676. The van der Waals surface area contributed by atoms with E-state index in [4.69, 9.17) is 23.2 Å². The van der Waals surface area contributed by atoms with Gasteiger partial charge in [-0.1, -0.05) is 47.5 Å². The third-order valence-corrected chi connectivity index (χ3v) is 8.25. The van der Waals surface area contributed by atoms with Crippen molar-refractivity contribution in [2.45, 2.75) is 6.42 Å². The van der Waals surface area contributed by atoms with Gasteiger partial charge in [-0.2, -0.15) is 0 Å². The molecule has 0 radical (unpaired) electrons. The standard InChI is InChI=1S/C26H18Cl2FNO3/c27-18-6-3-13(10-19(18)28)22(31)8-2-12-1-7-21(20(29)9-12)30-25(32)23-14-4-5-15(17-11-16(14)17)24(23)26(30)33/h1-10,14-17,23-24H,11H2/b8-2+/t14-,15?,16?,17-,23-,24+/m0/s1. The summed E-state index contributed by atoms with van der Waals surface area (Å²) in [6.45, 7) is 0. The predicted molar refractivity (Wildman–Crippen MR) is 123 cm³/mol. The molecule has 2 amide bonds. The largest absolute Gasteiger partial charge is 0.289 e. The molecule has 0 N–H and O–H groups in total. The highest BCUT2D eigenvalue weighted by Gasteiger charge is 2.67. The monoisotopic (exact) mass is 481 g/mol. The zero-order valence-electron chi connectivity index (χ0n) is 17.3. The van der Waals surface area contributed by atoms with Gasteiger partial charge in [-0.25, -0.2) is 9.29 Å². The van der Waals surface area contributed by atoms with Crippen LogP contribution in [-0.2, 0) is 9.59 Å². The number of allylic oxidation sites excluding steroid dienone is 3. The first-order valence-corrected chi connectivity index (χ1v) is 11.6. The fraction of sp³-hybridized carbons (Fsp3) is 0.269. The van der Waals surface area contributed by atoms with Gasteiger partial charge in [0.05, 0.1) is 27.6 Å². The second kappa shape index (κ2) is 7.37. The van der Waals surface area contributed by atoms with Gasteiger partial charge in [-0.3, -0.25) is 14.4 Å². The number of ketones is 1. The van der Waals surface area contributed by atoms with Crippen LogP contribution in [-0.4, -0.2) is 17.6 Å². The van der Waals surface area contributed by atoms with Crippen LogP contribution in [0.3, 0.4) is 0 Å². The average molecular weight is 482 g/mol. The summed E-state index contributed by atoms with van der Waals surface area (Å²) in [4.78, 5) is 39.8. The van der Waals surface area contributed by atoms with Crippen LogP contribution in [0.15, 0.2) is 54.6 Å². The Balaban J connectivity index is 1.24. The molecule has 3 fully saturated rings. The van der Waals surface area contributed by atoms with E-state index in [1.54, 1.807) is 12.1 Å². The van der Waals surface area contributed by atoms with Crippen LogP contribution in [0.25, 0.3) is 6.08 Å². The molecule has 1 heterocycles. The third-order valence-electron chi connectivity index (χ3n) is 7.51. The minimum Gasteiger partial charge on any atom is -0.289 e. The highest BCUT2D eigenvalue weighted by atomic mass is 35.5. The van der Waals surface area contributed by atoms with E-state index in [-0.39, 0.29) is 52.0 Å². The number of carbonyl (C=O) groups is 3. The molecule has 2 saturated carbocycles. The first-order valence-electron chi connectivity index (χ1n) is 10.9. The van der Waals surface area contributed by atoms with Gasteiger partial charge in [-0.05, 0) is 72.1 Å². The maximum atomic E-state index is 15.1. The zero-order valence-corrected chi connectivity index (χ0v) is 18.8. The molecule has 0 spiro atoms. The van der Waals surface area contributed by atoms with Crippen LogP contribution in [0.1, 0.15) is 22.3 Å². The lowest BCUT2D eigenvalue weighted by molar-refractivity contribution is -0.124. The smallest absolute Gasteiger partial charge is 0.238 e. The first-order chi connectivity index (χ1) is 15.8. The number of amides is 2. The van der Waals surface area contributed by atoms with Gasteiger partial charge in [0.2, 0.25) is 11.8 Å². The van der Waals surface area contributed by atoms with Crippen molar-refractivity contribution in [1.29, 1.82) is 0 Å². The molecule has 2 aromatic rings. The van der Waals surface area contributed by atoms with Gasteiger partial charge in [0, 0.05) is 5.56 Å². The second-order valence-corrected chi connectivity index (χ2v) is 10.0. The highest BCUT2D eigenvalue weighted by molar-refractivity contribution is 6.42. The fourth-order valence-electron chi connectivity index (χ4n) is 5.92. The second-order valence-electron chi connectivity index (χ2n) is 9.20. The molecule has 7 heteroatoms. The quantitative estimate of drug-likeness (QED) is 0.247. The molecule has 6 atom stereocenters. The Kier molecular flexibility index (Phi) is 4.65. The molecule has 0 aromatic heterocycles. The van der Waals surface area contributed by atoms with E-state index >= 15 is 4.39 Å². The topological polar surface area (TPSA) is 54.5 Å². The van der Waals surface area contributed by atoms with Crippen molar-refractivity contribution in [3.63, 3.8) is 0 Å². The van der Waals surface area contributed by atoms with E-state index in [9.17, 15) is 14.4 Å². The maximum Gasteiger partial charge on any atom is 0.238 e. The van der Waals surface area contributed by atoms with E-state index < -0.39 is 5.82 Å². The number of imide groups is 1. The molecule has 4 aliphatic carbocycles. The van der Waals surface area contributed by atoms with Crippen molar-refractivity contribution in [2.24, 2.45) is 35.5 Å². The molecule has 4 nitrogen and oxygen atoms in total. The van der Waals surface area contributed by atoms with Gasteiger partial charge in [0.25, 0.3) is 0 Å². The lowest BCUT2D eigenvalue weighted by Gasteiger charge is -2.37. The van der Waals surface area contributed by atoms with E-state index in [2.05, 4.69) is 12.2 Å². The first kappa shape index (κ1) is 20.8. The lowest BCUT2D eigenvalue weighted by atomic mass is 9.63. The molecule has 2 bridgehead atoms. The lowest BCUT2D eigenvalue weighted by Crippen LogP contribution is -2.40. The summed E-state index contributed by atoms with van der Waals surface area (Å²) in [5.41, 5.74) is 0.763. The van der Waals surface area contributed by atoms with E-state index in [0.29, 0.717) is 28.0 Å². The Morgan fingerprint density at radius 3 is 2.21 bits per heavy atom. The Morgan fingerprint density at radius 2 is 1.61 bits per heavy atom. The van der Waals surface area contributed by atoms with Gasteiger partial charge in [0.15, 0.2) is 5.78 Å². The third kappa shape index (κ3) is 3.13. The maximum absolute atomic E-state index is 15.1. The number of rotatable bonds is 4. The summed E-state index contributed by atoms with van der Waals surface area (Å²) in [6.07, 6.45) is 8.03. The fourth-order valence-corrected chi connectivity index (χ4v) is 6.22. The van der Waals surface area contributed by atoms with Crippen LogP contribution in [0.5, 0.6) is 0 Å². The number of nitrogens with zero attached hydrogens (tertiary/aromatic N) is 1. The van der Waals surface area contributed by atoms with Crippen molar-refractivity contribution in [3.8, 4) is 0 Å².